The Bertz CT molecular complexity index is 473. The quantitative estimate of drug-likeness (QED) is 0.746. The second-order valence-corrected chi connectivity index (χ2v) is 4.47. The molecule has 0 radical (unpaired) electrons. The van der Waals surface area contributed by atoms with E-state index in [-0.39, 0.29) is 24.2 Å². The zero-order chi connectivity index (χ0) is 13.1. The van der Waals surface area contributed by atoms with Gasteiger partial charge >= 0.3 is 5.97 Å². The lowest BCUT2D eigenvalue weighted by atomic mass is 10.1. The number of amides is 1. The molecular formula is C13H16N2O3. The first-order valence-electron chi connectivity index (χ1n) is 5.88. The summed E-state index contributed by atoms with van der Waals surface area (Å²) in [6.45, 7) is 2.83. The number of ether oxygens (including phenoxy) is 1. The van der Waals surface area contributed by atoms with Crippen LogP contribution in [0.4, 0.5) is 0 Å². The van der Waals surface area contributed by atoms with Crippen LogP contribution in [0, 0.1) is 12.8 Å². The highest BCUT2D eigenvalue weighted by atomic mass is 16.5. The zero-order valence-electron chi connectivity index (χ0n) is 10.5. The molecule has 0 spiro atoms. The Balaban J connectivity index is 2.05. The van der Waals surface area contributed by atoms with Crippen LogP contribution >= 0.6 is 0 Å². The fraction of sp³-hybridized carbons (Fsp3) is 0.462. The summed E-state index contributed by atoms with van der Waals surface area (Å²) >= 11 is 0. The maximum absolute atomic E-state index is 11.8. The molecule has 0 bridgehead atoms. The molecule has 0 saturated carbocycles. The first kappa shape index (κ1) is 12.5. The minimum atomic E-state index is -0.341. The third-order valence-electron chi connectivity index (χ3n) is 3.21. The molecule has 1 saturated heterocycles. The molecule has 2 heterocycles. The number of esters is 1. The van der Waals surface area contributed by atoms with Crippen LogP contribution in [-0.2, 0) is 20.9 Å². The van der Waals surface area contributed by atoms with E-state index in [9.17, 15) is 9.59 Å². The number of hydrogen-bond acceptors (Lipinski definition) is 4. The summed E-state index contributed by atoms with van der Waals surface area (Å²) in [5, 5.41) is 0. The second-order valence-electron chi connectivity index (χ2n) is 4.47. The average molecular weight is 248 g/mol. The van der Waals surface area contributed by atoms with Gasteiger partial charge in [-0.25, -0.2) is 0 Å². The van der Waals surface area contributed by atoms with Crippen LogP contribution in [0.1, 0.15) is 17.7 Å². The van der Waals surface area contributed by atoms with Crippen molar-refractivity contribution in [2.24, 2.45) is 5.92 Å². The maximum Gasteiger partial charge on any atom is 0.310 e. The minimum absolute atomic E-state index is 0.0181. The summed E-state index contributed by atoms with van der Waals surface area (Å²) in [6, 6.07) is 3.82. The molecule has 1 unspecified atom stereocenters. The van der Waals surface area contributed by atoms with Crippen molar-refractivity contribution in [2.75, 3.05) is 13.7 Å². The van der Waals surface area contributed by atoms with E-state index in [1.807, 2.05) is 19.1 Å². The predicted molar refractivity (Wildman–Crippen MR) is 64.5 cm³/mol. The van der Waals surface area contributed by atoms with Crippen LogP contribution in [0.3, 0.4) is 0 Å². The van der Waals surface area contributed by atoms with Gasteiger partial charge in [0.05, 0.1) is 25.3 Å². The monoisotopic (exact) mass is 248 g/mol. The van der Waals surface area contributed by atoms with Crippen molar-refractivity contribution in [1.29, 1.82) is 0 Å². The lowest BCUT2D eigenvalue weighted by molar-refractivity contribution is -0.145. The number of carbonyl (C=O) groups excluding carboxylic acids is 2. The lowest BCUT2D eigenvalue weighted by Gasteiger charge is -2.16. The van der Waals surface area contributed by atoms with Gasteiger partial charge in [-0.15, -0.1) is 0 Å². The van der Waals surface area contributed by atoms with Gasteiger partial charge in [0, 0.05) is 19.2 Å². The molecule has 1 amide bonds. The summed E-state index contributed by atoms with van der Waals surface area (Å²) in [5.74, 6) is -0.675. The SMILES string of the molecule is COC(=O)C1CC(=O)N(Cc2ncccc2C)C1. The third kappa shape index (κ3) is 2.50. The van der Waals surface area contributed by atoms with E-state index < -0.39 is 0 Å². The normalized spacial score (nSPS) is 19.1. The Morgan fingerprint density at radius 3 is 3.06 bits per heavy atom. The molecule has 2 rings (SSSR count). The number of likely N-dealkylation sites (tertiary alicyclic amines) is 1. The second kappa shape index (κ2) is 5.16. The van der Waals surface area contributed by atoms with E-state index in [1.54, 1.807) is 11.1 Å². The molecule has 0 aliphatic carbocycles. The highest BCUT2D eigenvalue weighted by Crippen LogP contribution is 2.21. The predicted octanol–water partition coefficient (Wildman–Crippen LogP) is 0.912. The summed E-state index contributed by atoms with van der Waals surface area (Å²) < 4.78 is 4.67. The molecule has 1 aliphatic rings. The Morgan fingerprint density at radius 2 is 2.39 bits per heavy atom. The topological polar surface area (TPSA) is 59.5 Å². The Morgan fingerprint density at radius 1 is 1.61 bits per heavy atom. The molecule has 1 aromatic heterocycles. The van der Waals surface area contributed by atoms with Gasteiger partial charge in [-0.2, -0.15) is 0 Å². The molecule has 0 N–H and O–H groups in total. The number of aromatic nitrogens is 1. The molecule has 5 nitrogen and oxygen atoms in total. The zero-order valence-corrected chi connectivity index (χ0v) is 10.5. The van der Waals surface area contributed by atoms with Gasteiger partial charge in [0.15, 0.2) is 0 Å². The molecule has 96 valence electrons. The number of nitrogens with zero attached hydrogens (tertiary/aromatic N) is 2. The van der Waals surface area contributed by atoms with Crippen LogP contribution in [0.2, 0.25) is 0 Å². The maximum atomic E-state index is 11.8. The van der Waals surface area contributed by atoms with Gasteiger partial charge in [0.2, 0.25) is 5.91 Å². The van der Waals surface area contributed by atoms with E-state index in [4.69, 9.17) is 0 Å². The van der Waals surface area contributed by atoms with Crippen molar-refractivity contribution < 1.29 is 14.3 Å². The van der Waals surface area contributed by atoms with E-state index in [2.05, 4.69) is 9.72 Å². The Labute approximate surface area is 106 Å². The van der Waals surface area contributed by atoms with Crippen LogP contribution in [0.15, 0.2) is 18.3 Å². The highest BCUT2D eigenvalue weighted by molar-refractivity contribution is 5.86. The number of aryl methyl sites for hydroxylation is 1. The smallest absolute Gasteiger partial charge is 0.310 e. The van der Waals surface area contributed by atoms with Gasteiger partial charge in [0.25, 0.3) is 0 Å². The third-order valence-corrected chi connectivity index (χ3v) is 3.21. The Hall–Kier alpha value is -1.91. The fourth-order valence-electron chi connectivity index (χ4n) is 2.11. The lowest BCUT2D eigenvalue weighted by Crippen LogP contribution is -2.26. The van der Waals surface area contributed by atoms with Crippen LogP contribution < -0.4 is 0 Å². The summed E-state index contributed by atoms with van der Waals surface area (Å²) in [7, 11) is 1.35. The van der Waals surface area contributed by atoms with E-state index >= 15 is 0 Å². The average Bonchev–Trinajstić information content (AvgIpc) is 2.73. The standard InChI is InChI=1S/C13H16N2O3/c1-9-4-3-5-14-11(9)8-15-7-10(6-12(15)16)13(17)18-2/h3-5,10H,6-8H2,1-2H3. The summed E-state index contributed by atoms with van der Waals surface area (Å²) in [4.78, 5) is 29.1. The molecule has 5 heteroatoms. The Kier molecular flexibility index (Phi) is 3.60. The van der Waals surface area contributed by atoms with Crippen LogP contribution in [-0.4, -0.2) is 35.4 Å². The fourth-order valence-corrected chi connectivity index (χ4v) is 2.11. The van der Waals surface area contributed by atoms with Crippen molar-refractivity contribution in [3.63, 3.8) is 0 Å². The molecule has 1 atom stereocenters. The van der Waals surface area contributed by atoms with Crippen LogP contribution in [0.5, 0.6) is 0 Å². The van der Waals surface area contributed by atoms with E-state index in [0.717, 1.165) is 11.3 Å². The molecule has 1 aliphatic heterocycles. The van der Waals surface area contributed by atoms with Gasteiger partial charge in [-0.05, 0) is 18.6 Å². The molecular weight excluding hydrogens is 232 g/mol. The molecule has 1 fully saturated rings. The van der Waals surface area contributed by atoms with Gasteiger partial charge < -0.3 is 9.64 Å². The van der Waals surface area contributed by atoms with Gasteiger partial charge in [0.1, 0.15) is 0 Å². The van der Waals surface area contributed by atoms with Crippen molar-refractivity contribution in [3.05, 3.63) is 29.6 Å². The number of methoxy groups -OCH3 is 1. The molecule has 1 aromatic rings. The van der Waals surface area contributed by atoms with Crippen molar-refractivity contribution in [2.45, 2.75) is 19.9 Å². The number of pyridine rings is 1. The van der Waals surface area contributed by atoms with Crippen molar-refractivity contribution in [1.82, 2.24) is 9.88 Å². The summed E-state index contributed by atoms with van der Waals surface area (Å²) in [5.41, 5.74) is 1.92. The van der Waals surface area contributed by atoms with Gasteiger partial charge in [-0.3, -0.25) is 14.6 Å². The summed E-state index contributed by atoms with van der Waals surface area (Å²) in [6.07, 6.45) is 1.94. The van der Waals surface area contributed by atoms with E-state index in [0.29, 0.717) is 13.1 Å². The van der Waals surface area contributed by atoms with Crippen molar-refractivity contribution >= 4 is 11.9 Å². The highest BCUT2D eigenvalue weighted by Gasteiger charge is 2.35. The number of hydrogen-bond donors (Lipinski definition) is 0. The van der Waals surface area contributed by atoms with Crippen molar-refractivity contribution in [3.8, 4) is 0 Å². The first-order chi connectivity index (χ1) is 8.61. The number of rotatable bonds is 3. The van der Waals surface area contributed by atoms with Gasteiger partial charge in [-0.1, -0.05) is 6.07 Å². The van der Waals surface area contributed by atoms with Crippen LogP contribution in [0.25, 0.3) is 0 Å². The van der Waals surface area contributed by atoms with E-state index in [1.165, 1.54) is 7.11 Å². The number of carbonyl (C=O) groups is 2. The molecule has 18 heavy (non-hydrogen) atoms. The minimum Gasteiger partial charge on any atom is -0.469 e. The largest absolute Gasteiger partial charge is 0.469 e. The molecule has 0 aromatic carbocycles. The first-order valence-corrected chi connectivity index (χ1v) is 5.88.